The molecule has 1 aliphatic carbocycles. The second-order valence-electron chi connectivity index (χ2n) is 8.77. The van der Waals surface area contributed by atoms with Gasteiger partial charge in [-0.3, -0.25) is 0 Å². The molecule has 0 bridgehead atoms. The SMILES string of the molecule is COc1ccc(CCNC(=NCc2nnc(C)n2C)NCCC2CCCC(C)C2)cc1. The van der Waals surface area contributed by atoms with Crippen molar-refractivity contribution in [2.45, 2.75) is 58.9 Å². The summed E-state index contributed by atoms with van der Waals surface area (Å²) in [5.74, 6) is 5.20. The van der Waals surface area contributed by atoms with Crippen molar-refractivity contribution in [1.82, 2.24) is 25.4 Å². The lowest BCUT2D eigenvalue weighted by Crippen LogP contribution is -2.39. The van der Waals surface area contributed by atoms with E-state index in [0.29, 0.717) is 6.54 Å². The van der Waals surface area contributed by atoms with Gasteiger partial charge in [-0.2, -0.15) is 0 Å². The number of aromatic nitrogens is 3. The van der Waals surface area contributed by atoms with Crippen molar-refractivity contribution in [2.24, 2.45) is 23.9 Å². The molecule has 0 amide bonds. The van der Waals surface area contributed by atoms with Gasteiger partial charge >= 0.3 is 0 Å². The molecule has 2 aromatic rings. The van der Waals surface area contributed by atoms with E-state index >= 15 is 0 Å². The maximum absolute atomic E-state index is 5.24. The van der Waals surface area contributed by atoms with Gasteiger partial charge in [0, 0.05) is 20.1 Å². The minimum Gasteiger partial charge on any atom is -0.497 e. The highest BCUT2D eigenvalue weighted by Crippen LogP contribution is 2.30. The lowest BCUT2D eigenvalue weighted by atomic mass is 9.81. The lowest BCUT2D eigenvalue weighted by molar-refractivity contribution is 0.270. The molecule has 1 saturated carbocycles. The summed E-state index contributed by atoms with van der Waals surface area (Å²) in [5, 5.41) is 15.4. The number of hydrogen-bond donors (Lipinski definition) is 2. The normalized spacial score (nSPS) is 19.3. The van der Waals surface area contributed by atoms with Crippen LogP contribution in [0.15, 0.2) is 29.3 Å². The Morgan fingerprint density at radius 2 is 1.94 bits per heavy atom. The molecule has 2 N–H and O–H groups in total. The summed E-state index contributed by atoms with van der Waals surface area (Å²) in [4.78, 5) is 4.78. The molecule has 0 aliphatic heterocycles. The lowest BCUT2D eigenvalue weighted by Gasteiger charge is -2.26. The van der Waals surface area contributed by atoms with Gasteiger partial charge in [0.25, 0.3) is 0 Å². The van der Waals surface area contributed by atoms with Crippen LogP contribution in [0.5, 0.6) is 5.75 Å². The van der Waals surface area contributed by atoms with Crippen LogP contribution in [-0.4, -0.2) is 40.9 Å². The minimum absolute atomic E-state index is 0.510. The van der Waals surface area contributed by atoms with Crippen LogP contribution in [-0.2, 0) is 20.0 Å². The summed E-state index contributed by atoms with van der Waals surface area (Å²) in [6.07, 6.45) is 7.61. The molecule has 1 aliphatic rings. The second-order valence-corrected chi connectivity index (χ2v) is 8.77. The fraction of sp³-hybridized carbons (Fsp3) is 0.625. The Balaban J connectivity index is 1.53. The highest BCUT2D eigenvalue weighted by atomic mass is 16.5. The number of ether oxygens (including phenoxy) is 1. The van der Waals surface area contributed by atoms with E-state index in [2.05, 4.69) is 39.9 Å². The number of aryl methyl sites for hydroxylation is 1. The number of hydrogen-bond acceptors (Lipinski definition) is 4. The van der Waals surface area contributed by atoms with E-state index in [0.717, 1.165) is 54.7 Å². The van der Waals surface area contributed by atoms with Crippen LogP contribution >= 0.6 is 0 Å². The largest absolute Gasteiger partial charge is 0.497 e. The van der Waals surface area contributed by atoms with Crippen molar-refractivity contribution in [3.63, 3.8) is 0 Å². The van der Waals surface area contributed by atoms with E-state index in [1.165, 1.54) is 37.7 Å². The number of nitrogens with one attached hydrogen (secondary N) is 2. The summed E-state index contributed by atoms with van der Waals surface area (Å²) in [6.45, 7) is 6.61. The van der Waals surface area contributed by atoms with Crippen molar-refractivity contribution in [2.75, 3.05) is 20.2 Å². The van der Waals surface area contributed by atoms with Gasteiger partial charge < -0.3 is 19.9 Å². The molecule has 3 rings (SSSR count). The summed E-state index contributed by atoms with van der Waals surface area (Å²) in [5.41, 5.74) is 1.27. The van der Waals surface area contributed by atoms with Crippen LogP contribution in [0.3, 0.4) is 0 Å². The predicted molar refractivity (Wildman–Crippen MR) is 125 cm³/mol. The maximum atomic E-state index is 5.24. The average molecular weight is 427 g/mol. The summed E-state index contributed by atoms with van der Waals surface area (Å²) in [6, 6.07) is 8.23. The molecule has 1 aromatic carbocycles. The van der Waals surface area contributed by atoms with Crippen LogP contribution < -0.4 is 15.4 Å². The van der Waals surface area contributed by atoms with E-state index in [-0.39, 0.29) is 0 Å². The number of aliphatic imine (C=N–C) groups is 1. The highest BCUT2D eigenvalue weighted by Gasteiger charge is 2.18. The first-order chi connectivity index (χ1) is 15.0. The third kappa shape index (κ3) is 7.26. The van der Waals surface area contributed by atoms with Crippen LogP contribution in [0.2, 0.25) is 0 Å². The molecule has 0 spiro atoms. The Bertz CT molecular complexity index is 829. The fourth-order valence-electron chi connectivity index (χ4n) is 4.25. The minimum atomic E-state index is 0.510. The van der Waals surface area contributed by atoms with Gasteiger partial charge in [0.2, 0.25) is 0 Å². The molecular formula is C24H38N6O. The smallest absolute Gasteiger partial charge is 0.191 e. The van der Waals surface area contributed by atoms with Gasteiger partial charge in [-0.05, 0) is 55.7 Å². The third-order valence-electron chi connectivity index (χ3n) is 6.32. The Morgan fingerprint density at radius 1 is 1.16 bits per heavy atom. The first-order valence-corrected chi connectivity index (χ1v) is 11.5. The van der Waals surface area contributed by atoms with E-state index in [1.54, 1.807) is 7.11 Å². The second kappa shape index (κ2) is 11.7. The quantitative estimate of drug-likeness (QED) is 0.473. The molecule has 7 nitrogen and oxygen atoms in total. The fourth-order valence-corrected chi connectivity index (χ4v) is 4.25. The van der Waals surface area contributed by atoms with Crippen LogP contribution in [0, 0.1) is 18.8 Å². The van der Waals surface area contributed by atoms with E-state index < -0.39 is 0 Å². The molecule has 1 fully saturated rings. The first-order valence-electron chi connectivity index (χ1n) is 11.5. The zero-order valence-electron chi connectivity index (χ0n) is 19.5. The molecule has 0 radical (unpaired) electrons. The van der Waals surface area contributed by atoms with Crippen LogP contribution in [0.25, 0.3) is 0 Å². The third-order valence-corrected chi connectivity index (χ3v) is 6.32. The summed E-state index contributed by atoms with van der Waals surface area (Å²) >= 11 is 0. The van der Waals surface area contributed by atoms with Gasteiger partial charge in [0.15, 0.2) is 11.8 Å². The number of rotatable bonds is 9. The van der Waals surface area contributed by atoms with E-state index in [4.69, 9.17) is 9.73 Å². The van der Waals surface area contributed by atoms with Crippen LogP contribution in [0.4, 0.5) is 0 Å². The molecule has 2 atom stereocenters. The number of nitrogens with zero attached hydrogens (tertiary/aromatic N) is 4. The topological polar surface area (TPSA) is 76.4 Å². The molecule has 170 valence electrons. The van der Waals surface area contributed by atoms with Crippen molar-refractivity contribution in [1.29, 1.82) is 0 Å². The predicted octanol–water partition coefficient (Wildman–Crippen LogP) is 3.63. The number of benzene rings is 1. The maximum Gasteiger partial charge on any atom is 0.191 e. The van der Waals surface area contributed by atoms with Crippen molar-refractivity contribution in [3.05, 3.63) is 41.5 Å². The monoisotopic (exact) mass is 426 g/mol. The molecule has 1 aromatic heterocycles. The first kappa shape index (κ1) is 23.1. The van der Waals surface area contributed by atoms with Crippen molar-refractivity contribution in [3.8, 4) is 5.75 Å². The highest BCUT2D eigenvalue weighted by molar-refractivity contribution is 5.79. The van der Waals surface area contributed by atoms with Gasteiger partial charge in [0.05, 0.1) is 7.11 Å². The Morgan fingerprint density at radius 3 is 2.61 bits per heavy atom. The molecule has 7 heteroatoms. The van der Waals surface area contributed by atoms with Gasteiger partial charge in [-0.15, -0.1) is 10.2 Å². The Hall–Kier alpha value is -2.57. The Kier molecular flexibility index (Phi) is 8.74. The zero-order valence-corrected chi connectivity index (χ0v) is 19.5. The number of methoxy groups -OCH3 is 1. The molecular weight excluding hydrogens is 388 g/mol. The molecule has 0 saturated heterocycles. The van der Waals surface area contributed by atoms with Crippen LogP contribution in [0.1, 0.15) is 56.2 Å². The molecule has 31 heavy (non-hydrogen) atoms. The number of guanidine groups is 1. The molecule has 1 heterocycles. The molecule has 2 unspecified atom stereocenters. The Labute approximate surface area is 186 Å². The zero-order chi connectivity index (χ0) is 22.1. The van der Waals surface area contributed by atoms with Gasteiger partial charge in [-0.1, -0.05) is 38.3 Å². The average Bonchev–Trinajstić information content (AvgIpc) is 3.10. The van der Waals surface area contributed by atoms with Gasteiger partial charge in [-0.25, -0.2) is 4.99 Å². The van der Waals surface area contributed by atoms with Gasteiger partial charge in [0.1, 0.15) is 18.1 Å². The standard InChI is InChI=1S/C24H38N6O/c1-18-6-5-7-21(16-18)13-15-26-24(27-17-23-29-28-19(2)30(23)3)25-14-12-20-8-10-22(31-4)11-9-20/h8-11,18,21H,5-7,12-17H2,1-4H3,(H2,25,26,27). The summed E-state index contributed by atoms with van der Waals surface area (Å²) < 4.78 is 7.23. The van der Waals surface area contributed by atoms with Crippen molar-refractivity contribution < 1.29 is 4.74 Å². The summed E-state index contributed by atoms with van der Waals surface area (Å²) in [7, 11) is 3.67. The van der Waals surface area contributed by atoms with Crippen molar-refractivity contribution >= 4 is 5.96 Å². The van der Waals surface area contributed by atoms with E-state index in [9.17, 15) is 0 Å². The van der Waals surface area contributed by atoms with E-state index in [1.807, 2.05) is 30.7 Å².